The minimum absolute atomic E-state index is 1.23. The fraction of sp³-hybridized carbons (Fsp3) is 1.00. The summed E-state index contributed by atoms with van der Waals surface area (Å²) >= 11 is 0. The first kappa shape index (κ1) is 23.1. The van der Waals surface area contributed by atoms with Crippen LogP contribution in [0.5, 0.6) is 0 Å². The minimum Gasteiger partial charge on any atom is -0.438 e. The molecule has 0 amide bonds. The molecule has 0 heterocycles. The third-order valence-electron chi connectivity index (χ3n) is 3.54. The quantitative estimate of drug-likeness (QED) is 0.531. The van der Waals surface area contributed by atoms with E-state index in [2.05, 4.69) is 78.6 Å². The molecule has 0 fully saturated rings. The number of rotatable bonds is 9. The highest BCUT2D eigenvalue weighted by Crippen LogP contribution is 2.22. The fourth-order valence-corrected chi connectivity index (χ4v) is 22.9. The number of hydrogen-bond acceptors (Lipinski definition) is 4. The molecule has 10 heteroatoms. The van der Waals surface area contributed by atoms with Gasteiger partial charge in [0.2, 0.25) is 0 Å². The Morgan fingerprint density at radius 1 is 0.818 bits per heavy atom. The summed E-state index contributed by atoms with van der Waals surface area (Å²) < 4.78 is 25.0. The van der Waals surface area contributed by atoms with Gasteiger partial charge in [-0.15, -0.1) is 0 Å². The molecule has 0 aliphatic carbocycles. The molecule has 0 aromatic rings. The van der Waals surface area contributed by atoms with E-state index in [0.29, 0.717) is 0 Å². The molecule has 0 bridgehead atoms. The van der Waals surface area contributed by atoms with Crippen LogP contribution in [0.3, 0.4) is 0 Å². The van der Waals surface area contributed by atoms with Gasteiger partial charge < -0.3 is 16.5 Å². The highest BCUT2D eigenvalue weighted by molar-refractivity contribution is 7.38. The molecule has 1 radical (unpaired) electrons. The van der Waals surface area contributed by atoms with Gasteiger partial charge in [-0.2, -0.15) is 0 Å². The van der Waals surface area contributed by atoms with E-state index in [9.17, 15) is 0 Å². The molecule has 4 nitrogen and oxygen atoms in total. The Morgan fingerprint density at radius 2 is 1.27 bits per heavy atom. The average molecular weight is 414 g/mol. The maximum absolute atomic E-state index is 6.41. The largest absolute Gasteiger partial charge is 0.438 e. The second-order valence-electron chi connectivity index (χ2n) is 8.77. The summed E-state index contributed by atoms with van der Waals surface area (Å²) in [6.45, 7) is 26.9. The lowest BCUT2D eigenvalue weighted by atomic mass is 11.8. The summed E-state index contributed by atoms with van der Waals surface area (Å²) in [4.78, 5) is 0. The van der Waals surface area contributed by atoms with Crippen molar-refractivity contribution in [1.82, 2.24) is 0 Å². The first-order valence-electron chi connectivity index (χ1n) is 8.02. The van der Waals surface area contributed by atoms with E-state index in [1.54, 1.807) is 0 Å². The van der Waals surface area contributed by atoms with Crippen molar-refractivity contribution in [2.24, 2.45) is 0 Å². The summed E-state index contributed by atoms with van der Waals surface area (Å²) in [5.74, 6) is 0. The number of hydrogen-bond donors (Lipinski definition) is 0. The van der Waals surface area contributed by atoms with Gasteiger partial charge in [0.15, 0.2) is 16.2 Å². The SMILES string of the molecule is C[Si](O[SiH](C)O[Si](C)(C)O[Si](C)(C)C)O[Si](C)(C)[Si](C)(C)C. The Labute approximate surface area is 145 Å². The van der Waals surface area contributed by atoms with E-state index in [0.717, 1.165) is 0 Å². The zero-order valence-corrected chi connectivity index (χ0v) is 22.9. The third-order valence-corrected chi connectivity index (χ3v) is 32.8. The Morgan fingerprint density at radius 3 is 1.64 bits per heavy atom. The van der Waals surface area contributed by atoms with Crippen molar-refractivity contribution in [2.75, 3.05) is 0 Å². The van der Waals surface area contributed by atoms with Crippen LogP contribution in [-0.2, 0) is 16.5 Å². The van der Waals surface area contributed by atoms with Crippen LogP contribution in [0.2, 0.25) is 78.6 Å². The second kappa shape index (κ2) is 8.01. The smallest absolute Gasteiger partial charge is 0.360 e. The Hall–Kier alpha value is 1.14. The van der Waals surface area contributed by atoms with E-state index in [4.69, 9.17) is 16.5 Å². The van der Waals surface area contributed by atoms with Crippen molar-refractivity contribution in [2.45, 2.75) is 78.6 Å². The molecular weight excluding hydrogens is 377 g/mol. The molecule has 1 unspecified atom stereocenters. The predicted molar refractivity (Wildman–Crippen MR) is 111 cm³/mol. The molecule has 0 aromatic heterocycles. The molecule has 22 heavy (non-hydrogen) atoms. The molecule has 0 rings (SSSR count). The van der Waals surface area contributed by atoms with E-state index in [1.807, 2.05) is 0 Å². The van der Waals surface area contributed by atoms with Gasteiger partial charge in [0.1, 0.15) is 0 Å². The molecule has 0 aliphatic heterocycles. The average Bonchev–Trinajstić information content (AvgIpc) is 2.06. The van der Waals surface area contributed by atoms with Crippen LogP contribution >= 0.6 is 0 Å². The van der Waals surface area contributed by atoms with Gasteiger partial charge in [-0.25, -0.2) is 0 Å². The Balaban J connectivity index is 4.52. The van der Waals surface area contributed by atoms with Crippen LogP contribution in [0.25, 0.3) is 0 Å². The van der Waals surface area contributed by atoms with Crippen LogP contribution in [0.4, 0.5) is 0 Å². The van der Waals surface area contributed by atoms with Gasteiger partial charge in [0.05, 0.1) is 7.59 Å². The van der Waals surface area contributed by atoms with Crippen LogP contribution in [0.1, 0.15) is 0 Å². The highest BCUT2D eigenvalue weighted by Gasteiger charge is 2.41. The molecule has 0 aromatic carbocycles. The van der Waals surface area contributed by atoms with Crippen molar-refractivity contribution >= 4 is 50.9 Å². The molecule has 133 valence electrons. The molecular formula is C12H37O4Si6. The minimum atomic E-state index is -2.08. The Bertz CT molecular complexity index is 351. The summed E-state index contributed by atoms with van der Waals surface area (Å²) in [7, 11) is -9.46. The Kier molecular flexibility index (Phi) is 8.43. The lowest BCUT2D eigenvalue weighted by Crippen LogP contribution is -2.58. The monoisotopic (exact) mass is 413 g/mol. The van der Waals surface area contributed by atoms with Crippen molar-refractivity contribution in [1.29, 1.82) is 0 Å². The van der Waals surface area contributed by atoms with Gasteiger partial charge in [-0.3, -0.25) is 0 Å². The van der Waals surface area contributed by atoms with Crippen LogP contribution in [0.15, 0.2) is 0 Å². The summed E-state index contributed by atoms with van der Waals surface area (Å²) in [6, 6.07) is 0. The normalized spacial score (nSPS) is 16.2. The second-order valence-corrected chi connectivity index (χ2v) is 37.1. The lowest BCUT2D eigenvalue weighted by Gasteiger charge is -2.38. The van der Waals surface area contributed by atoms with E-state index in [-0.39, 0.29) is 0 Å². The molecule has 0 saturated heterocycles. The highest BCUT2D eigenvalue weighted by atomic mass is 29.3. The van der Waals surface area contributed by atoms with Gasteiger partial charge >= 0.3 is 17.8 Å². The fourth-order valence-electron chi connectivity index (χ4n) is 1.96. The van der Waals surface area contributed by atoms with E-state index < -0.39 is 50.9 Å². The first-order chi connectivity index (χ1) is 9.45. The molecule has 0 saturated carbocycles. The van der Waals surface area contributed by atoms with E-state index in [1.165, 1.54) is 0 Å². The van der Waals surface area contributed by atoms with Crippen LogP contribution < -0.4 is 0 Å². The summed E-state index contributed by atoms with van der Waals surface area (Å²) in [5, 5.41) is 0. The first-order valence-corrected chi connectivity index (χ1v) is 25.6. The predicted octanol–water partition coefficient (Wildman–Crippen LogP) is 4.18. The van der Waals surface area contributed by atoms with Gasteiger partial charge in [-0.05, 0) is 58.9 Å². The molecule has 1 atom stereocenters. The zero-order valence-electron chi connectivity index (χ0n) is 16.7. The van der Waals surface area contributed by atoms with Crippen LogP contribution in [-0.4, -0.2) is 50.9 Å². The molecule has 0 spiro atoms. The lowest BCUT2D eigenvalue weighted by molar-refractivity contribution is 0.334. The van der Waals surface area contributed by atoms with Crippen molar-refractivity contribution in [3.8, 4) is 0 Å². The standard InChI is InChI=1S/C12H37O4Si6/c1-17(14-21(9,10)16-19(3,4)5)13-18(2)15-22(11,12)20(6,7)8/h17H,1-12H3. The van der Waals surface area contributed by atoms with Crippen molar-refractivity contribution < 1.29 is 16.5 Å². The summed E-state index contributed by atoms with van der Waals surface area (Å²) in [5.41, 5.74) is 0. The summed E-state index contributed by atoms with van der Waals surface area (Å²) in [6.07, 6.45) is 0. The molecule has 0 N–H and O–H groups in total. The van der Waals surface area contributed by atoms with Crippen molar-refractivity contribution in [3.05, 3.63) is 0 Å². The van der Waals surface area contributed by atoms with Gasteiger partial charge in [0, 0.05) is 0 Å². The van der Waals surface area contributed by atoms with Crippen molar-refractivity contribution in [3.63, 3.8) is 0 Å². The molecule has 0 aliphatic rings. The topological polar surface area (TPSA) is 36.9 Å². The maximum Gasteiger partial charge on any atom is 0.360 e. The van der Waals surface area contributed by atoms with E-state index >= 15 is 0 Å². The third kappa shape index (κ3) is 9.44. The van der Waals surface area contributed by atoms with Gasteiger partial charge in [0.25, 0.3) is 9.28 Å². The maximum atomic E-state index is 6.41. The van der Waals surface area contributed by atoms with Gasteiger partial charge in [-0.1, -0.05) is 19.6 Å². The zero-order chi connectivity index (χ0) is 18.0. The van der Waals surface area contributed by atoms with Crippen LogP contribution in [0, 0.1) is 0 Å².